The Labute approximate surface area is 164 Å². The molecule has 0 aliphatic carbocycles. The van der Waals surface area contributed by atoms with E-state index in [1.807, 2.05) is 6.07 Å². The molecule has 0 bridgehead atoms. The largest absolute Gasteiger partial charge is 0.489 e. The highest BCUT2D eigenvalue weighted by molar-refractivity contribution is 6.31. The molecule has 0 aliphatic heterocycles. The molecule has 0 aliphatic rings. The second-order valence-electron chi connectivity index (χ2n) is 5.73. The topological polar surface area (TPSA) is 116 Å². The van der Waals surface area contributed by atoms with Crippen molar-refractivity contribution < 1.29 is 9.13 Å². The maximum Gasteiger partial charge on any atom is 0.268 e. The molecule has 0 saturated heterocycles. The lowest BCUT2D eigenvalue weighted by molar-refractivity contribution is 0.300. The van der Waals surface area contributed by atoms with Crippen LogP contribution in [0.1, 0.15) is 16.7 Å². The number of pyridine rings is 1. The van der Waals surface area contributed by atoms with E-state index in [2.05, 4.69) is 4.98 Å². The molecular formula is C20H12ClFN4O2. The molecule has 2 aromatic carbocycles. The molecule has 3 rings (SSSR count). The van der Waals surface area contributed by atoms with E-state index in [0.717, 1.165) is 0 Å². The SMILES string of the molecule is N#Cc1c(N)[nH]c(=O)c(C#N)c1-c1cccc(OCc2c(F)cccc2Cl)c1. The van der Waals surface area contributed by atoms with E-state index in [1.54, 1.807) is 30.3 Å². The average molecular weight is 395 g/mol. The Bertz CT molecular complexity index is 1190. The number of aromatic nitrogens is 1. The first-order valence-electron chi connectivity index (χ1n) is 7.98. The minimum atomic E-state index is -0.696. The van der Waals surface area contributed by atoms with Crippen molar-refractivity contribution in [2.24, 2.45) is 0 Å². The van der Waals surface area contributed by atoms with Gasteiger partial charge < -0.3 is 15.5 Å². The van der Waals surface area contributed by atoms with Gasteiger partial charge in [-0.15, -0.1) is 0 Å². The summed E-state index contributed by atoms with van der Waals surface area (Å²) >= 11 is 5.99. The van der Waals surface area contributed by atoms with Gasteiger partial charge in [-0.05, 0) is 29.8 Å². The molecule has 8 heteroatoms. The first kappa shape index (κ1) is 19.0. The minimum Gasteiger partial charge on any atom is -0.489 e. The highest BCUT2D eigenvalue weighted by Crippen LogP contribution is 2.31. The number of nitrogens with zero attached hydrogens (tertiary/aromatic N) is 2. The van der Waals surface area contributed by atoms with Crippen molar-refractivity contribution in [1.29, 1.82) is 10.5 Å². The zero-order chi connectivity index (χ0) is 20.3. The fourth-order valence-corrected chi connectivity index (χ4v) is 2.92. The standard InChI is InChI=1S/C20H12ClFN4O2/c21-16-5-2-6-17(22)15(16)10-28-12-4-1-3-11(7-12)18-13(8-23)19(25)26-20(27)14(18)9-24/h1-7H,10H2,(H3,25,26,27). The molecule has 0 unspecified atom stereocenters. The number of aromatic amines is 1. The van der Waals surface area contributed by atoms with Crippen molar-refractivity contribution in [3.63, 3.8) is 0 Å². The molecule has 3 N–H and O–H groups in total. The number of ether oxygens (including phenoxy) is 1. The van der Waals surface area contributed by atoms with E-state index in [4.69, 9.17) is 22.1 Å². The van der Waals surface area contributed by atoms with Crippen LogP contribution in [0.25, 0.3) is 11.1 Å². The zero-order valence-electron chi connectivity index (χ0n) is 14.3. The fourth-order valence-electron chi connectivity index (χ4n) is 2.70. The summed E-state index contributed by atoms with van der Waals surface area (Å²) in [6.45, 7) is -0.122. The second-order valence-corrected chi connectivity index (χ2v) is 6.14. The lowest BCUT2D eigenvalue weighted by Gasteiger charge is -2.12. The molecule has 1 aromatic heterocycles. The molecule has 28 heavy (non-hydrogen) atoms. The van der Waals surface area contributed by atoms with Crippen LogP contribution in [0.5, 0.6) is 5.75 Å². The number of hydrogen-bond donors (Lipinski definition) is 2. The summed E-state index contributed by atoms with van der Waals surface area (Å²) in [5.74, 6) is -0.293. The van der Waals surface area contributed by atoms with Crippen LogP contribution in [-0.2, 0) is 6.61 Å². The van der Waals surface area contributed by atoms with E-state index in [9.17, 15) is 19.7 Å². The quantitative estimate of drug-likeness (QED) is 0.699. The number of nitrogens with one attached hydrogen (secondary N) is 1. The fraction of sp³-hybridized carbons (Fsp3) is 0.0500. The molecule has 0 spiro atoms. The van der Waals surface area contributed by atoms with Gasteiger partial charge in [-0.25, -0.2) is 4.39 Å². The molecule has 0 amide bonds. The molecular weight excluding hydrogens is 383 g/mol. The van der Waals surface area contributed by atoms with Gasteiger partial charge >= 0.3 is 0 Å². The average Bonchev–Trinajstić information content (AvgIpc) is 2.67. The number of benzene rings is 2. The summed E-state index contributed by atoms with van der Waals surface area (Å²) in [5.41, 5.74) is 5.47. The van der Waals surface area contributed by atoms with Gasteiger partial charge in [0.25, 0.3) is 5.56 Å². The summed E-state index contributed by atoms with van der Waals surface area (Å²) in [6, 6.07) is 14.4. The molecule has 1 heterocycles. The molecule has 0 saturated carbocycles. The number of anilines is 1. The number of halogens is 2. The van der Waals surface area contributed by atoms with Gasteiger partial charge in [0.15, 0.2) is 0 Å². The number of rotatable bonds is 4. The van der Waals surface area contributed by atoms with Gasteiger partial charge in [0.2, 0.25) is 0 Å². The van der Waals surface area contributed by atoms with Crippen LogP contribution in [0.2, 0.25) is 5.02 Å². The Morgan fingerprint density at radius 3 is 2.54 bits per heavy atom. The summed E-state index contributed by atoms with van der Waals surface area (Å²) in [6.07, 6.45) is 0. The number of H-pyrrole nitrogens is 1. The van der Waals surface area contributed by atoms with Crippen LogP contribution in [0.15, 0.2) is 47.3 Å². The number of hydrogen-bond acceptors (Lipinski definition) is 5. The predicted molar refractivity (Wildman–Crippen MR) is 102 cm³/mol. The van der Waals surface area contributed by atoms with Crippen LogP contribution in [-0.4, -0.2) is 4.98 Å². The van der Waals surface area contributed by atoms with Gasteiger partial charge in [0.05, 0.1) is 5.02 Å². The Balaban J connectivity index is 2.03. The summed E-state index contributed by atoms with van der Waals surface area (Å²) < 4.78 is 19.5. The number of nitriles is 2. The van der Waals surface area contributed by atoms with Crippen molar-refractivity contribution in [1.82, 2.24) is 4.98 Å². The van der Waals surface area contributed by atoms with Crippen LogP contribution in [0.4, 0.5) is 10.2 Å². The van der Waals surface area contributed by atoms with Gasteiger partial charge in [-0.1, -0.05) is 29.8 Å². The second kappa shape index (κ2) is 7.83. The predicted octanol–water partition coefficient (Wildman–Crippen LogP) is 3.74. The van der Waals surface area contributed by atoms with E-state index in [0.29, 0.717) is 11.3 Å². The third-order valence-electron chi connectivity index (χ3n) is 4.04. The molecule has 6 nitrogen and oxygen atoms in total. The van der Waals surface area contributed by atoms with Crippen molar-refractivity contribution >= 4 is 17.4 Å². The van der Waals surface area contributed by atoms with Gasteiger partial charge in [-0.2, -0.15) is 10.5 Å². The zero-order valence-corrected chi connectivity index (χ0v) is 15.0. The summed E-state index contributed by atoms with van der Waals surface area (Å²) in [5, 5.41) is 19.0. The third-order valence-corrected chi connectivity index (χ3v) is 4.39. The normalized spacial score (nSPS) is 10.1. The minimum absolute atomic E-state index is 0.0227. The van der Waals surface area contributed by atoms with Crippen LogP contribution < -0.4 is 16.0 Å². The first-order chi connectivity index (χ1) is 13.5. The van der Waals surface area contributed by atoms with Crippen LogP contribution >= 0.6 is 11.6 Å². The van der Waals surface area contributed by atoms with Gasteiger partial charge in [0.1, 0.15) is 47.3 Å². The Hall–Kier alpha value is -3.81. The summed E-state index contributed by atoms with van der Waals surface area (Å²) in [4.78, 5) is 14.3. The smallest absolute Gasteiger partial charge is 0.268 e. The Morgan fingerprint density at radius 1 is 1.14 bits per heavy atom. The molecule has 138 valence electrons. The number of nitrogens with two attached hydrogens (primary N) is 1. The van der Waals surface area contributed by atoms with Crippen molar-refractivity contribution in [3.8, 4) is 29.0 Å². The first-order valence-corrected chi connectivity index (χ1v) is 8.36. The highest BCUT2D eigenvalue weighted by Gasteiger charge is 2.18. The van der Waals surface area contributed by atoms with Crippen molar-refractivity contribution in [2.45, 2.75) is 6.61 Å². The Kier molecular flexibility index (Phi) is 5.30. The van der Waals surface area contributed by atoms with Crippen LogP contribution in [0.3, 0.4) is 0 Å². The van der Waals surface area contributed by atoms with E-state index in [-0.39, 0.29) is 39.7 Å². The van der Waals surface area contributed by atoms with E-state index in [1.165, 1.54) is 18.2 Å². The van der Waals surface area contributed by atoms with Crippen molar-refractivity contribution in [2.75, 3.05) is 5.73 Å². The monoisotopic (exact) mass is 394 g/mol. The molecule has 3 aromatic rings. The Morgan fingerprint density at radius 2 is 1.86 bits per heavy atom. The lowest BCUT2D eigenvalue weighted by Crippen LogP contribution is -2.16. The third kappa shape index (κ3) is 3.52. The van der Waals surface area contributed by atoms with E-state index < -0.39 is 11.4 Å². The summed E-state index contributed by atoms with van der Waals surface area (Å²) in [7, 11) is 0. The maximum absolute atomic E-state index is 13.9. The number of nitrogen functional groups attached to an aromatic ring is 1. The van der Waals surface area contributed by atoms with Crippen LogP contribution in [0, 0.1) is 28.5 Å². The molecule has 0 radical (unpaired) electrons. The highest BCUT2D eigenvalue weighted by atomic mass is 35.5. The molecule has 0 fully saturated rings. The van der Waals surface area contributed by atoms with Crippen molar-refractivity contribution in [3.05, 3.63) is 80.3 Å². The lowest BCUT2D eigenvalue weighted by atomic mass is 9.96. The molecule has 0 atom stereocenters. The van der Waals surface area contributed by atoms with E-state index >= 15 is 0 Å². The van der Waals surface area contributed by atoms with Gasteiger partial charge in [0, 0.05) is 11.1 Å². The maximum atomic E-state index is 13.9. The van der Waals surface area contributed by atoms with Gasteiger partial charge in [-0.3, -0.25) is 4.79 Å².